The van der Waals surface area contributed by atoms with Gasteiger partial charge in [0.15, 0.2) is 0 Å². The van der Waals surface area contributed by atoms with Gasteiger partial charge in [0.05, 0.1) is 5.56 Å². The highest BCUT2D eigenvalue weighted by Crippen LogP contribution is 2.32. The number of nitrogens with one attached hydrogen (secondary N) is 1. The molecule has 20 heavy (non-hydrogen) atoms. The standard InChI is InChI=1S/C16H26N4/c1-10-7-5-6-8-13(10)20(4)16-14(15(17)18)11(2)9-12(3)19-16/h9-10,13H,5-8H2,1-4H3,(H3,17,18). The van der Waals surface area contributed by atoms with Crippen molar-refractivity contribution >= 4 is 11.7 Å². The highest BCUT2D eigenvalue weighted by molar-refractivity contribution is 6.01. The van der Waals surface area contributed by atoms with Crippen LogP contribution in [0, 0.1) is 25.2 Å². The number of hydrogen-bond acceptors (Lipinski definition) is 3. The Kier molecular flexibility index (Phi) is 4.31. The Morgan fingerprint density at radius 2 is 2.00 bits per heavy atom. The van der Waals surface area contributed by atoms with E-state index in [0.29, 0.717) is 12.0 Å². The normalized spacial score (nSPS) is 22.6. The molecular formula is C16H26N4. The summed E-state index contributed by atoms with van der Waals surface area (Å²) in [6.07, 6.45) is 5.07. The maximum Gasteiger partial charge on any atom is 0.140 e. The fraction of sp³-hybridized carbons (Fsp3) is 0.625. The second-order valence-electron chi connectivity index (χ2n) is 6.13. The first-order valence-corrected chi connectivity index (χ1v) is 7.47. The molecule has 4 nitrogen and oxygen atoms in total. The maximum atomic E-state index is 7.86. The van der Waals surface area contributed by atoms with Crippen molar-refractivity contribution in [3.05, 3.63) is 22.9 Å². The number of rotatable bonds is 3. The fourth-order valence-corrected chi connectivity index (χ4v) is 3.43. The van der Waals surface area contributed by atoms with Crippen LogP contribution in [0.2, 0.25) is 0 Å². The molecule has 1 aromatic rings. The predicted octanol–water partition coefficient (Wildman–Crippen LogP) is 3.00. The van der Waals surface area contributed by atoms with Crippen LogP contribution in [0.1, 0.15) is 49.4 Å². The van der Waals surface area contributed by atoms with Crippen LogP contribution in [0.25, 0.3) is 0 Å². The van der Waals surface area contributed by atoms with E-state index < -0.39 is 0 Å². The lowest BCUT2D eigenvalue weighted by molar-refractivity contribution is 0.320. The van der Waals surface area contributed by atoms with E-state index in [1.54, 1.807) is 0 Å². The molecule has 2 atom stereocenters. The van der Waals surface area contributed by atoms with Gasteiger partial charge in [-0.2, -0.15) is 0 Å². The van der Waals surface area contributed by atoms with E-state index >= 15 is 0 Å². The molecule has 1 aliphatic carbocycles. The Morgan fingerprint density at radius 3 is 2.60 bits per heavy atom. The molecular weight excluding hydrogens is 248 g/mol. The minimum absolute atomic E-state index is 0.111. The molecule has 2 unspecified atom stereocenters. The summed E-state index contributed by atoms with van der Waals surface area (Å²) in [5.74, 6) is 1.64. The highest BCUT2D eigenvalue weighted by atomic mass is 15.2. The highest BCUT2D eigenvalue weighted by Gasteiger charge is 2.28. The Bertz CT molecular complexity index is 509. The van der Waals surface area contributed by atoms with Crippen LogP contribution in [0.5, 0.6) is 0 Å². The van der Waals surface area contributed by atoms with Gasteiger partial charge in [-0.3, -0.25) is 5.41 Å². The summed E-state index contributed by atoms with van der Waals surface area (Å²) in [5.41, 5.74) is 8.59. The number of aryl methyl sites for hydroxylation is 2. The average Bonchev–Trinajstić information content (AvgIpc) is 2.37. The summed E-state index contributed by atoms with van der Waals surface area (Å²) >= 11 is 0. The van der Waals surface area contributed by atoms with E-state index in [4.69, 9.17) is 11.1 Å². The third-order valence-corrected chi connectivity index (χ3v) is 4.49. The number of nitrogen functional groups attached to an aromatic ring is 1. The Labute approximate surface area is 121 Å². The second kappa shape index (κ2) is 5.81. The van der Waals surface area contributed by atoms with Crippen molar-refractivity contribution in [2.24, 2.45) is 11.7 Å². The van der Waals surface area contributed by atoms with Gasteiger partial charge >= 0.3 is 0 Å². The van der Waals surface area contributed by atoms with Crippen LogP contribution in [-0.2, 0) is 0 Å². The molecule has 3 N–H and O–H groups in total. The van der Waals surface area contributed by atoms with Crippen LogP contribution in [0.15, 0.2) is 6.07 Å². The molecule has 110 valence electrons. The topological polar surface area (TPSA) is 66.0 Å². The van der Waals surface area contributed by atoms with Crippen molar-refractivity contribution in [1.82, 2.24) is 4.98 Å². The number of aromatic nitrogens is 1. The molecule has 0 amide bonds. The van der Waals surface area contributed by atoms with Crippen molar-refractivity contribution in [2.45, 2.75) is 52.5 Å². The summed E-state index contributed by atoms with van der Waals surface area (Å²) in [7, 11) is 2.10. The Balaban J connectivity index is 2.42. The first-order valence-electron chi connectivity index (χ1n) is 7.47. The molecule has 1 aliphatic rings. The molecule has 1 heterocycles. The van der Waals surface area contributed by atoms with Gasteiger partial charge in [-0.1, -0.05) is 19.8 Å². The summed E-state index contributed by atoms with van der Waals surface area (Å²) in [6, 6.07) is 2.49. The molecule has 0 bridgehead atoms. The van der Waals surface area contributed by atoms with E-state index in [1.807, 2.05) is 19.9 Å². The van der Waals surface area contributed by atoms with Gasteiger partial charge in [0.25, 0.3) is 0 Å². The zero-order valence-electron chi connectivity index (χ0n) is 13.0. The molecule has 4 heteroatoms. The average molecular weight is 274 g/mol. The number of nitrogens with zero attached hydrogens (tertiary/aromatic N) is 2. The van der Waals surface area contributed by atoms with Gasteiger partial charge in [-0.05, 0) is 44.2 Å². The third-order valence-electron chi connectivity index (χ3n) is 4.49. The lowest BCUT2D eigenvalue weighted by Crippen LogP contribution is -2.40. The Hall–Kier alpha value is -1.58. The monoisotopic (exact) mass is 274 g/mol. The van der Waals surface area contributed by atoms with Crippen molar-refractivity contribution in [1.29, 1.82) is 5.41 Å². The van der Waals surface area contributed by atoms with Crippen molar-refractivity contribution in [3.8, 4) is 0 Å². The van der Waals surface area contributed by atoms with Gasteiger partial charge in [0.1, 0.15) is 11.7 Å². The predicted molar refractivity (Wildman–Crippen MR) is 84.6 cm³/mol. The van der Waals surface area contributed by atoms with E-state index in [0.717, 1.165) is 22.6 Å². The Morgan fingerprint density at radius 1 is 1.35 bits per heavy atom. The molecule has 2 rings (SSSR count). The first kappa shape index (κ1) is 14.8. The molecule has 0 aromatic carbocycles. The molecule has 0 aliphatic heterocycles. The van der Waals surface area contributed by atoms with Crippen molar-refractivity contribution in [2.75, 3.05) is 11.9 Å². The molecule has 0 radical (unpaired) electrons. The quantitative estimate of drug-likeness (QED) is 0.658. The molecule has 1 aromatic heterocycles. The van der Waals surface area contributed by atoms with Gasteiger partial charge in [-0.25, -0.2) is 4.98 Å². The number of anilines is 1. The van der Waals surface area contributed by atoms with Crippen molar-refractivity contribution < 1.29 is 0 Å². The third kappa shape index (κ3) is 2.79. The summed E-state index contributed by atoms with van der Waals surface area (Å²) in [4.78, 5) is 6.92. The van der Waals surface area contributed by atoms with Crippen LogP contribution in [-0.4, -0.2) is 23.9 Å². The summed E-state index contributed by atoms with van der Waals surface area (Å²) in [5, 5.41) is 7.86. The molecule has 0 spiro atoms. The second-order valence-corrected chi connectivity index (χ2v) is 6.13. The molecule has 0 saturated heterocycles. The summed E-state index contributed by atoms with van der Waals surface area (Å²) < 4.78 is 0. The number of nitrogens with two attached hydrogens (primary N) is 1. The van der Waals surface area contributed by atoms with Gasteiger partial charge in [-0.15, -0.1) is 0 Å². The zero-order valence-corrected chi connectivity index (χ0v) is 13.0. The minimum atomic E-state index is 0.111. The maximum absolute atomic E-state index is 7.86. The molecule has 1 fully saturated rings. The first-order chi connectivity index (χ1) is 9.41. The number of pyridine rings is 1. The van der Waals surface area contributed by atoms with E-state index in [2.05, 4.69) is 23.9 Å². The van der Waals surface area contributed by atoms with Gasteiger partial charge in [0, 0.05) is 18.8 Å². The van der Waals surface area contributed by atoms with E-state index in [9.17, 15) is 0 Å². The SMILES string of the molecule is Cc1cc(C)c(C(=N)N)c(N(C)C2CCCCC2C)n1. The zero-order chi connectivity index (χ0) is 14.9. The largest absolute Gasteiger partial charge is 0.384 e. The van der Waals surface area contributed by atoms with E-state index in [-0.39, 0.29) is 5.84 Å². The number of amidine groups is 1. The molecule has 1 saturated carbocycles. The van der Waals surface area contributed by atoms with Gasteiger partial charge in [0.2, 0.25) is 0 Å². The number of hydrogen-bond donors (Lipinski definition) is 2. The van der Waals surface area contributed by atoms with Crippen LogP contribution in [0.3, 0.4) is 0 Å². The lowest BCUT2D eigenvalue weighted by atomic mass is 9.85. The van der Waals surface area contributed by atoms with Crippen LogP contribution in [0.4, 0.5) is 5.82 Å². The minimum Gasteiger partial charge on any atom is -0.384 e. The summed E-state index contributed by atoms with van der Waals surface area (Å²) in [6.45, 7) is 6.32. The fourth-order valence-electron chi connectivity index (χ4n) is 3.43. The van der Waals surface area contributed by atoms with Crippen LogP contribution >= 0.6 is 0 Å². The van der Waals surface area contributed by atoms with Gasteiger partial charge < -0.3 is 10.6 Å². The van der Waals surface area contributed by atoms with Crippen LogP contribution < -0.4 is 10.6 Å². The van der Waals surface area contributed by atoms with Crippen molar-refractivity contribution in [3.63, 3.8) is 0 Å². The smallest absolute Gasteiger partial charge is 0.140 e. The lowest BCUT2D eigenvalue weighted by Gasteiger charge is -2.38. The van der Waals surface area contributed by atoms with E-state index in [1.165, 1.54) is 25.7 Å².